The molecule has 7 heteroatoms. The number of aliphatic hydroxyl groups excluding tert-OH is 1. The third-order valence-electron chi connectivity index (χ3n) is 3.49. The summed E-state index contributed by atoms with van der Waals surface area (Å²) in [6.45, 7) is 0.632. The minimum atomic E-state index is -0.604. The molecule has 0 bridgehead atoms. The molecule has 0 heterocycles. The van der Waals surface area contributed by atoms with Gasteiger partial charge in [-0.05, 0) is 17.7 Å². The van der Waals surface area contributed by atoms with E-state index in [1.807, 2.05) is 36.4 Å². The van der Waals surface area contributed by atoms with Crippen LogP contribution in [0.2, 0.25) is 10.0 Å². The van der Waals surface area contributed by atoms with Crippen LogP contribution in [0.25, 0.3) is 0 Å². The fourth-order valence-electron chi connectivity index (χ4n) is 2.25. The van der Waals surface area contributed by atoms with Gasteiger partial charge >= 0.3 is 0 Å². The molecular weight excluding hydrogens is 373 g/mol. The van der Waals surface area contributed by atoms with E-state index in [4.69, 9.17) is 23.2 Å². The number of nitrogens with one attached hydrogen (secondary N) is 1. The van der Waals surface area contributed by atoms with Crippen LogP contribution in [0.3, 0.4) is 0 Å². The molecule has 0 radical (unpaired) electrons. The van der Waals surface area contributed by atoms with Crippen molar-refractivity contribution in [3.05, 3.63) is 75.9 Å². The van der Waals surface area contributed by atoms with Crippen LogP contribution in [-0.2, 0) is 11.3 Å². The van der Waals surface area contributed by atoms with Crippen LogP contribution in [0.1, 0.15) is 5.56 Å². The first-order valence-electron chi connectivity index (χ1n) is 7.81. The number of carbonyl (C=O) groups is 1. The molecule has 0 saturated carbocycles. The first-order chi connectivity index (χ1) is 12.5. The lowest BCUT2D eigenvalue weighted by Crippen LogP contribution is -2.24. The Hall–Kier alpha value is -2.52. The van der Waals surface area contributed by atoms with Gasteiger partial charge in [0.1, 0.15) is 11.6 Å². The number of hydrogen-bond acceptors (Lipinski definition) is 4. The summed E-state index contributed by atoms with van der Waals surface area (Å²) >= 11 is 12.0. The molecule has 134 valence electrons. The molecule has 26 heavy (non-hydrogen) atoms. The van der Waals surface area contributed by atoms with Gasteiger partial charge in [0.15, 0.2) is 0 Å². The van der Waals surface area contributed by atoms with Crippen molar-refractivity contribution in [3.8, 4) is 6.07 Å². The summed E-state index contributed by atoms with van der Waals surface area (Å²) in [5, 5.41) is 21.7. The van der Waals surface area contributed by atoms with E-state index in [0.717, 1.165) is 5.56 Å². The van der Waals surface area contributed by atoms with Crippen molar-refractivity contribution in [3.63, 3.8) is 0 Å². The lowest BCUT2D eigenvalue weighted by molar-refractivity contribution is -0.112. The minimum absolute atomic E-state index is 0.106. The van der Waals surface area contributed by atoms with Crippen LogP contribution in [0.4, 0.5) is 5.69 Å². The Morgan fingerprint density at radius 3 is 2.58 bits per heavy atom. The lowest BCUT2D eigenvalue weighted by Gasteiger charge is -2.20. The second-order valence-corrected chi connectivity index (χ2v) is 6.17. The summed E-state index contributed by atoms with van der Waals surface area (Å²) in [7, 11) is 0. The van der Waals surface area contributed by atoms with Gasteiger partial charge in [-0.2, -0.15) is 5.26 Å². The smallest absolute Gasteiger partial charge is 0.267 e. The van der Waals surface area contributed by atoms with Crippen LogP contribution in [0.5, 0.6) is 0 Å². The Bertz CT molecular complexity index is 832. The van der Waals surface area contributed by atoms with Gasteiger partial charge in [0.05, 0.1) is 22.3 Å². The van der Waals surface area contributed by atoms with Gasteiger partial charge in [0, 0.05) is 19.3 Å². The fourth-order valence-corrected chi connectivity index (χ4v) is 2.59. The van der Waals surface area contributed by atoms with Crippen molar-refractivity contribution in [2.24, 2.45) is 0 Å². The average Bonchev–Trinajstić information content (AvgIpc) is 2.64. The molecule has 2 N–H and O–H groups in total. The van der Waals surface area contributed by atoms with Crippen molar-refractivity contribution in [2.75, 3.05) is 18.5 Å². The summed E-state index contributed by atoms with van der Waals surface area (Å²) < 4.78 is 0. The molecule has 0 aromatic heterocycles. The number of benzene rings is 2. The number of amides is 1. The molecule has 1 amide bonds. The standard InChI is InChI=1S/C19H17Cl2N3O2/c20-16-7-4-8-17(18(16)21)23-19(26)15(11-22)13-24(9-10-25)12-14-5-2-1-3-6-14/h1-8,13,25H,9-10,12H2,(H,23,26)/b15-13-. The van der Waals surface area contributed by atoms with Crippen molar-refractivity contribution >= 4 is 34.8 Å². The molecule has 0 aliphatic carbocycles. The molecule has 0 aliphatic rings. The quantitative estimate of drug-likeness (QED) is 0.557. The van der Waals surface area contributed by atoms with E-state index in [-0.39, 0.29) is 23.7 Å². The predicted molar refractivity (Wildman–Crippen MR) is 103 cm³/mol. The molecule has 0 atom stereocenters. The Balaban J connectivity index is 2.18. The Kier molecular flexibility index (Phi) is 7.49. The predicted octanol–water partition coefficient (Wildman–Crippen LogP) is 3.83. The number of nitrogens with zero attached hydrogens (tertiary/aromatic N) is 2. The number of anilines is 1. The van der Waals surface area contributed by atoms with Gasteiger partial charge in [-0.1, -0.05) is 59.6 Å². The third kappa shape index (κ3) is 5.50. The van der Waals surface area contributed by atoms with Crippen molar-refractivity contribution < 1.29 is 9.90 Å². The zero-order chi connectivity index (χ0) is 18.9. The topological polar surface area (TPSA) is 76.4 Å². The molecule has 0 spiro atoms. The van der Waals surface area contributed by atoms with Gasteiger partial charge < -0.3 is 15.3 Å². The Labute approximate surface area is 162 Å². The second-order valence-electron chi connectivity index (χ2n) is 5.39. The normalized spacial score (nSPS) is 10.9. The van der Waals surface area contributed by atoms with Gasteiger partial charge in [-0.25, -0.2) is 0 Å². The summed E-state index contributed by atoms with van der Waals surface area (Å²) in [6, 6.07) is 16.3. The van der Waals surface area contributed by atoms with Crippen molar-refractivity contribution in [2.45, 2.75) is 6.54 Å². The van der Waals surface area contributed by atoms with E-state index in [2.05, 4.69) is 5.32 Å². The van der Waals surface area contributed by atoms with Crippen LogP contribution < -0.4 is 5.32 Å². The molecule has 2 aromatic rings. The van der Waals surface area contributed by atoms with E-state index in [1.54, 1.807) is 23.1 Å². The van der Waals surface area contributed by atoms with E-state index in [0.29, 0.717) is 17.3 Å². The van der Waals surface area contributed by atoms with Gasteiger partial charge in [-0.3, -0.25) is 4.79 Å². The zero-order valence-corrected chi connectivity index (χ0v) is 15.3. The second kappa shape index (κ2) is 9.83. The molecular formula is C19H17Cl2N3O2. The average molecular weight is 390 g/mol. The molecule has 2 aromatic carbocycles. The Morgan fingerprint density at radius 2 is 1.92 bits per heavy atom. The highest BCUT2D eigenvalue weighted by Crippen LogP contribution is 2.29. The zero-order valence-electron chi connectivity index (χ0n) is 13.8. The van der Waals surface area contributed by atoms with Crippen LogP contribution in [-0.4, -0.2) is 29.1 Å². The van der Waals surface area contributed by atoms with Crippen LogP contribution in [0, 0.1) is 11.3 Å². The first-order valence-corrected chi connectivity index (χ1v) is 8.57. The molecule has 0 unspecified atom stereocenters. The number of carbonyl (C=O) groups excluding carboxylic acids is 1. The van der Waals surface area contributed by atoms with Crippen molar-refractivity contribution in [1.82, 2.24) is 4.90 Å². The third-order valence-corrected chi connectivity index (χ3v) is 4.31. The van der Waals surface area contributed by atoms with Crippen molar-refractivity contribution in [1.29, 1.82) is 5.26 Å². The molecule has 2 rings (SSSR count). The van der Waals surface area contributed by atoms with E-state index >= 15 is 0 Å². The van der Waals surface area contributed by atoms with Gasteiger partial charge in [0.2, 0.25) is 0 Å². The minimum Gasteiger partial charge on any atom is -0.395 e. The highest BCUT2D eigenvalue weighted by atomic mass is 35.5. The number of halogens is 2. The van der Waals surface area contributed by atoms with E-state index in [1.165, 1.54) is 6.20 Å². The monoisotopic (exact) mass is 389 g/mol. The lowest BCUT2D eigenvalue weighted by atomic mass is 10.2. The number of nitriles is 1. The van der Waals surface area contributed by atoms with Gasteiger partial charge in [0.25, 0.3) is 5.91 Å². The maximum Gasteiger partial charge on any atom is 0.267 e. The van der Waals surface area contributed by atoms with E-state index < -0.39 is 5.91 Å². The van der Waals surface area contributed by atoms with Crippen LogP contribution >= 0.6 is 23.2 Å². The maximum atomic E-state index is 12.4. The first kappa shape index (κ1) is 19.8. The number of rotatable bonds is 7. The molecule has 0 aliphatic heterocycles. The highest BCUT2D eigenvalue weighted by molar-refractivity contribution is 6.44. The largest absolute Gasteiger partial charge is 0.395 e. The maximum absolute atomic E-state index is 12.4. The molecule has 5 nitrogen and oxygen atoms in total. The molecule has 0 fully saturated rings. The summed E-state index contributed by atoms with van der Waals surface area (Å²) in [5.74, 6) is -0.604. The number of hydrogen-bond donors (Lipinski definition) is 2. The van der Waals surface area contributed by atoms with E-state index in [9.17, 15) is 15.2 Å². The van der Waals surface area contributed by atoms with Crippen LogP contribution in [0.15, 0.2) is 60.3 Å². The van der Waals surface area contributed by atoms with Gasteiger partial charge in [-0.15, -0.1) is 0 Å². The highest BCUT2D eigenvalue weighted by Gasteiger charge is 2.14. The SMILES string of the molecule is N#C/C(=C/N(CCO)Cc1ccccc1)C(=O)Nc1cccc(Cl)c1Cl. The molecule has 0 saturated heterocycles. The fraction of sp³-hybridized carbons (Fsp3) is 0.158. The summed E-state index contributed by atoms with van der Waals surface area (Å²) in [5.41, 5.74) is 1.21. The number of aliphatic hydroxyl groups is 1. The summed E-state index contributed by atoms with van der Waals surface area (Å²) in [4.78, 5) is 14.1. The summed E-state index contributed by atoms with van der Waals surface area (Å²) in [6.07, 6.45) is 1.43. The Morgan fingerprint density at radius 1 is 1.19 bits per heavy atom.